The molecule has 1 aliphatic heterocycles. The van der Waals surface area contributed by atoms with Crippen LogP contribution in [0.2, 0.25) is 0 Å². The van der Waals surface area contributed by atoms with Crippen molar-refractivity contribution in [2.24, 2.45) is 0 Å². The molecule has 0 spiro atoms. The van der Waals surface area contributed by atoms with Crippen LogP contribution in [-0.2, 0) is 17.9 Å². The first-order chi connectivity index (χ1) is 12.1. The molecule has 1 amide bonds. The fraction of sp³-hybridized carbons (Fsp3) is 0.474. The predicted octanol–water partition coefficient (Wildman–Crippen LogP) is 2.32. The molecule has 1 aromatic carbocycles. The lowest BCUT2D eigenvalue weighted by Crippen LogP contribution is -2.49. The van der Waals surface area contributed by atoms with E-state index < -0.39 is 0 Å². The first-order valence-electron chi connectivity index (χ1n) is 8.75. The second-order valence-electron chi connectivity index (χ2n) is 6.43. The molecular weight excluding hydrogens is 316 g/mol. The summed E-state index contributed by atoms with van der Waals surface area (Å²) < 4.78 is 7.21. The molecule has 0 aliphatic carbocycles. The van der Waals surface area contributed by atoms with Gasteiger partial charge < -0.3 is 9.64 Å². The average molecular weight is 342 g/mol. The van der Waals surface area contributed by atoms with Gasteiger partial charge in [-0.3, -0.25) is 14.4 Å². The maximum Gasteiger partial charge on any atom is 0.219 e. The van der Waals surface area contributed by atoms with E-state index in [1.165, 1.54) is 11.1 Å². The molecule has 6 nitrogen and oxygen atoms in total. The summed E-state index contributed by atoms with van der Waals surface area (Å²) >= 11 is 0. The summed E-state index contributed by atoms with van der Waals surface area (Å²) in [5.74, 6) is 0.982. The molecule has 1 aliphatic rings. The summed E-state index contributed by atoms with van der Waals surface area (Å²) in [6.07, 6.45) is 4.04. The lowest BCUT2D eigenvalue weighted by molar-refractivity contribution is -0.132. The SMILES string of the molecule is CCn1cc(CN2CCN(C(C)=O)CC2c2ccc(OC)cc2)cn1. The van der Waals surface area contributed by atoms with Crippen LogP contribution in [0.5, 0.6) is 5.75 Å². The molecule has 0 N–H and O–H groups in total. The number of rotatable bonds is 5. The Morgan fingerprint density at radius 1 is 1.28 bits per heavy atom. The van der Waals surface area contributed by atoms with E-state index in [4.69, 9.17) is 4.74 Å². The minimum absolute atomic E-state index is 0.136. The molecule has 1 saturated heterocycles. The topological polar surface area (TPSA) is 50.6 Å². The molecule has 1 atom stereocenters. The van der Waals surface area contributed by atoms with Gasteiger partial charge >= 0.3 is 0 Å². The molecule has 1 aromatic heterocycles. The van der Waals surface area contributed by atoms with E-state index in [-0.39, 0.29) is 11.9 Å². The summed E-state index contributed by atoms with van der Waals surface area (Å²) in [5, 5.41) is 4.37. The second kappa shape index (κ2) is 7.70. The van der Waals surface area contributed by atoms with Crippen molar-refractivity contribution in [2.75, 3.05) is 26.7 Å². The van der Waals surface area contributed by atoms with Crippen LogP contribution in [0.15, 0.2) is 36.7 Å². The molecule has 2 heterocycles. The lowest BCUT2D eigenvalue weighted by atomic mass is 10.0. The number of carbonyl (C=O) groups is 1. The lowest BCUT2D eigenvalue weighted by Gasteiger charge is -2.41. The van der Waals surface area contributed by atoms with Crippen molar-refractivity contribution in [3.63, 3.8) is 0 Å². The third kappa shape index (κ3) is 4.02. The molecule has 1 fully saturated rings. The van der Waals surface area contributed by atoms with Crippen LogP contribution >= 0.6 is 0 Å². The third-order valence-corrected chi connectivity index (χ3v) is 4.83. The van der Waals surface area contributed by atoms with Gasteiger partial charge in [-0.05, 0) is 24.6 Å². The van der Waals surface area contributed by atoms with Crippen LogP contribution in [0.25, 0.3) is 0 Å². The van der Waals surface area contributed by atoms with E-state index in [0.717, 1.165) is 31.9 Å². The summed E-state index contributed by atoms with van der Waals surface area (Å²) in [4.78, 5) is 16.2. The number of ether oxygens (including phenoxy) is 1. The standard InChI is InChI=1S/C19H26N4O2/c1-4-23-13-16(11-20-23)12-22-10-9-21(15(2)24)14-19(22)17-5-7-18(25-3)8-6-17/h5-8,11,13,19H,4,9-10,12,14H2,1-3H3. The van der Waals surface area contributed by atoms with Gasteiger partial charge in [0.05, 0.1) is 19.3 Å². The van der Waals surface area contributed by atoms with Gasteiger partial charge in [-0.2, -0.15) is 5.10 Å². The van der Waals surface area contributed by atoms with Crippen LogP contribution in [0, 0.1) is 0 Å². The van der Waals surface area contributed by atoms with E-state index in [2.05, 4.69) is 35.3 Å². The van der Waals surface area contributed by atoms with Gasteiger partial charge in [-0.15, -0.1) is 0 Å². The molecule has 134 valence electrons. The van der Waals surface area contributed by atoms with Gasteiger partial charge in [-0.1, -0.05) is 12.1 Å². The normalized spacial score (nSPS) is 18.4. The number of hydrogen-bond donors (Lipinski definition) is 0. The number of carbonyl (C=O) groups excluding carboxylic acids is 1. The van der Waals surface area contributed by atoms with E-state index >= 15 is 0 Å². The smallest absolute Gasteiger partial charge is 0.219 e. The molecule has 2 aromatic rings. The van der Waals surface area contributed by atoms with Crippen LogP contribution < -0.4 is 4.74 Å². The third-order valence-electron chi connectivity index (χ3n) is 4.83. The fourth-order valence-electron chi connectivity index (χ4n) is 3.33. The first kappa shape index (κ1) is 17.5. The summed E-state index contributed by atoms with van der Waals surface area (Å²) in [6, 6.07) is 8.32. The Morgan fingerprint density at radius 2 is 2.04 bits per heavy atom. The number of amides is 1. The molecule has 25 heavy (non-hydrogen) atoms. The maximum atomic E-state index is 11.9. The van der Waals surface area contributed by atoms with Crippen molar-refractivity contribution < 1.29 is 9.53 Å². The Morgan fingerprint density at radius 3 is 2.64 bits per heavy atom. The Bertz CT molecular complexity index is 710. The molecular formula is C19H26N4O2. The van der Waals surface area contributed by atoms with Crippen molar-refractivity contribution in [1.29, 1.82) is 0 Å². The highest BCUT2D eigenvalue weighted by atomic mass is 16.5. The van der Waals surface area contributed by atoms with Crippen molar-refractivity contribution in [3.05, 3.63) is 47.8 Å². The predicted molar refractivity (Wildman–Crippen MR) is 96.3 cm³/mol. The number of nitrogens with zero attached hydrogens (tertiary/aromatic N) is 4. The van der Waals surface area contributed by atoms with Gasteiger partial charge in [-0.25, -0.2) is 0 Å². The van der Waals surface area contributed by atoms with Gasteiger partial charge in [0.25, 0.3) is 0 Å². The summed E-state index contributed by atoms with van der Waals surface area (Å²) in [7, 11) is 1.67. The molecule has 1 unspecified atom stereocenters. The Hall–Kier alpha value is -2.34. The van der Waals surface area contributed by atoms with E-state index in [1.807, 2.05) is 27.9 Å². The van der Waals surface area contributed by atoms with Crippen LogP contribution in [-0.4, -0.2) is 52.2 Å². The number of piperazine rings is 1. The van der Waals surface area contributed by atoms with Crippen molar-refractivity contribution in [2.45, 2.75) is 33.0 Å². The minimum Gasteiger partial charge on any atom is -0.497 e. The van der Waals surface area contributed by atoms with Crippen LogP contribution in [0.1, 0.15) is 31.0 Å². The highest BCUT2D eigenvalue weighted by molar-refractivity contribution is 5.73. The molecule has 0 bridgehead atoms. The summed E-state index contributed by atoms with van der Waals surface area (Å²) in [6.45, 7) is 7.78. The van der Waals surface area contributed by atoms with Crippen molar-refractivity contribution in [1.82, 2.24) is 19.6 Å². The number of methoxy groups -OCH3 is 1. The molecule has 0 saturated carbocycles. The Kier molecular flexibility index (Phi) is 5.38. The van der Waals surface area contributed by atoms with E-state index in [0.29, 0.717) is 6.54 Å². The zero-order chi connectivity index (χ0) is 17.8. The number of aryl methyl sites for hydroxylation is 1. The van der Waals surface area contributed by atoms with Crippen molar-refractivity contribution >= 4 is 5.91 Å². The van der Waals surface area contributed by atoms with Gasteiger partial charge in [0.15, 0.2) is 0 Å². The Labute approximate surface area is 149 Å². The average Bonchev–Trinajstić information content (AvgIpc) is 3.09. The fourth-order valence-corrected chi connectivity index (χ4v) is 3.33. The zero-order valence-electron chi connectivity index (χ0n) is 15.2. The number of hydrogen-bond acceptors (Lipinski definition) is 4. The molecule has 0 radical (unpaired) electrons. The largest absolute Gasteiger partial charge is 0.497 e. The van der Waals surface area contributed by atoms with E-state index in [1.54, 1.807) is 14.0 Å². The number of aromatic nitrogens is 2. The van der Waals surface area contributed by atoms with Crippen LogP contribution in [0.4, 0.5) is 0 Å². The monoisotopic (exact) mass is 342 g/mol. The zero-order valence-corrected chi connectivity index (χ0v) is 15.2. The Balaban J connectivity index is 1.81. The second-order valence-corrected chi connectivity index (χ2v) is 6.43. The highest BCUT2D eigenvalue weighted by Crippen LogP contribution is 2.28. The van der Waals surface area contributed by atoms with Gasteiger partial charge in [0, 0.05) is 51.4 Å². The van der Waals surface area contributed by atoms with Crippen molar-refractivity contribution in [3.8, 4) is 5.75 Å². The maximum absolute atomic E-state index is 11.9. The molecule has 6 heteroatoms. The first-order valence-corrected chi connectivity index (χ1v) is 8.75. The van der Waals surface area contributed by atoms with E-state index in [9.17, 15) is 4.79 Å². The van der Waals surface area contributed by atoms with Gasteiger partial charge in [0.2, 0.25) is 5.91 Å². The quantitative estimate of drug-likeness (QED) is 0.837. The van der Waals surface area contributed by atoms with Gasteiger partial charge in [0.1, 0.15) is 5.75 Å². The highest BCUT2D eigenvalue weighted by Gasteiger charge is 2.29. The molecule has 3 rings (SSSR count). The summed E-state index contributed by atoms with van der Waals surface area (Å²) in [5.41, 5.74) is 2.41. The van der Waals surface area contributed by atoms with Crippen LogP contribution in [0.3, 0.4) is 0 Å². The minimum atomic E-state index is 0.136. The number of benzene rings is 1.